The third-order valence-electron chi connectivity index (χ3n) is 3.36. The number of hydrogen-bond donors (Lipinski definition) is 1. The average molecular weight is 319 g/mol. The molecule has 7 heteroatoms. The molecule has 0 aliphatic rings. The Morgan fingerprint density at radius 1 is 1.43 bits per heavy atom. The van der Waals surface area contributed by atoms with Gasteiger partial charge in [0.05, 0.1) is 13.2 Å². The van der Waals surface area contributed by atoms with Crippen molar-refractivity contribution in [3.05, 3.63) is 29.6 Å². The van der Waals surface area contributed by atoms with Crippen LogP contribution in [0.25, 0.3) is 0 Å². The Morgan fingerprint density at radius 2 is 2.10 bits per heavy atom. The van der Waals surface area contributed by atoms with Crippen LogP contribution in [-0.4, -0.2) is 44.1 Å². The van der Waals surface area contributed by atoms with E-state index in [0.29, 0.717) is 12.0 Å². The van der Waals surface area contributed by atoms with Crippen molar-refractivity contribution in [1.82, 2.24) is 4.31 Å². The first-order valence-electron chi connectivity index (χ1n) is 6.78. The number of hydrogen-bond acceptors (Lipinski definition) is 4. The second-order valence-electron chi connectivity index (χ2n) is 4.79. The minimum atomic E-state index is -3.98. The summed E-state index contributed by atoms with van der Waals surface area (Å²) in [7, 11) is -2.50. The molecule has 0 amide bonds. The molecule has 0 aliphatic heterocycles. The molecule has 0 aliphatic carbocycles. The molecule has 0 fully saturated rings. The SMILES string of the molecule is CCC(C)N(CCOC)S(=O)(=O)c1cc(CO)ccc1F. The highest BCUT2D eigenvalue weighted by atomic mass is 32.2. The maximum atomic E-state index is 13.9. The molecule has 21 heavy (non-hydrogen) atoms. The number of sulfonamides is 1. The van der Waals surface area contributed by atoms with Crippen molar-refractivity contribution in [2.24, 2.45) is 0 Å². The predicted octanol–water partition coefficient (Wildman–Crippen LogP) is 1.75. The van der Waals surface area contributed by atoms with Gasteiger partial charge < -0.3 is 9.84 Å². The molecule has 5 nitrogen and oxygen atoms in total. The van der Waals surface area contributed by atoms with Gasteiger partial charge in [0, 0.05) is 19.7 Å². The van der Waals surface area contributed by atoms with E-state index in [-0.39, 0.29) is 25.8 Å². The summed E-state index contributed by atoms with van der Waals surface area (Å²) in [5.74, 6) is -0.821. The van der Waals surface area contributed by atoms with Gasteiger partial charge >= 0.3 is 0 Å². The minimum Gasteiger partial charge on any atom is -0.392 e. The van der Waals surface area contributed by atoms with Gasteiger partial charge in [-0.05, 0) is 31.0 Å². The topological polar surface area (TPSA) is 66.8 Å². The smallest absolute Gasteiger partial charge is 0.246 e. The van der Waals surface area contributed by atoms with E-state index in [2.05, 4.69) is 0 Å². The summed E-state index contributed by atoms with van der Waals surface area (Å²) in [4.78, 5) is -0.412. The van der Waals surface area contributed by atoms with E-state index in [0.717, 1.165) is 6.07 Å². The van der Waals surface area contributed by atoms with Crippen molar-refractivity contribution in [2.75, 3.05) is 20.3 Å². The molecule has 1 N–H and O–H groups in total. The lowest BCUT2D eigenvalue weighted by molar-refractivity contribution is 0.167. The highest BCUT2D eigenvalue weighted by molar-refractivity contribution is 7.89. The lowest BCUT2D eigenvalue weighted by atomic mass is 10.2. The van der Waals surface area contributed by atoms with Crippen molar-refractivity contribution < 1.29 is 22.7 Å². The Morgan fingerprint density at radius 3 is 2.62 bits per heavy atom. The monoisotopic (exact) mass is 319 g/mol. The van der Waals surface area contributed by atoms with E-state index in [1.807, 2.05) is 6.92 Å². The van der Waals surface area contributed by atoms with E-state index >= 15 is 0 Å². The zero-order chi connectivity index (χ0) is 16.0. The summed E-state index contributed by atoms with van der Waals surface area (Å²) >= 11 is 0. The molecular formula is C14H22FNO4S. The van der Waals surface area contributed by atoms with E-state index in [1.165, 1.54) is 23.5 Å². The number of rotatable bonds is 8. The molecule has 0 saturated carbocycles. The highest BCUT2D eigenvalue weighted by Gasteiger charge is 2.30. The van der Waals surface area contributed by atoms with Gasteiger partial charge in [0.25, 0.3) is 0 Å². The van der Waals surface area contributed by atoms with Crippen molar-refractivity contribution in [3.8, 4) is 0 Å². The maximum absolute atomic E-state index is 13.9. The molecule has 0 saturated heterocycles. The lowest BCUT2D eigenvalue weighted by Gasteiger charge is -2.27. The first-order chi connectivity index (χ1) is 9.88. The molecule has 1 aromatic rings. The molecule has 0 aromatic heterocycles. The van der Waals surface area contributed by atoms with Gasteiger partial charge in [-0.1, -0.05) is 13.0 Å². The third kappa shape index (κ3) is 4.23. The van der Waals surface area contributed by atoms with Gasteiger partial charge in [0.1, 0.15) is 10.7 Å². The molecule has 1 unspecified atom stereocenters. The predicted molar refractivity (Wildman–Crippen MR) is 77.8 cm³/mol. The van der Waals surface area contributed by atoms with Crippen LogP contribution in [0.4, 0.5) is 4.39 Å². The molecular weight excluding hydrogens is 297 g/mol. The number of methoxy groups -OCH3 is 1. The van der Waals surface area contributed by atoms with Gasteiger partial charge in [-0.3, -0.25) is 0 Å². The average Bonchev–Trinajstić information content (AvgIpc) is 2.47. The molecule has 1 atom stereocenters. The van der Waals surface area contributed by atoms with Gasteiger partial charge in [-0.25, -0.2) is 12.8 Å². The maximum Gasteiger partial charge on any atom is 0.246 e. The van der Waals surface area contributed by atoms with Crippen LogP contribution >= 0.6 is 0 Å². The van der Waals surface area contributed by atoms with Crippen LogP contribution in [0.15, 0.2) is 23.1 Å². The van der Waals surface area contributed by atoms with Gasteiger partial charge in [0.15, 0.2) is 0 Å². The number of halogens is 1. The molecule has 120 valence electrons. The highest BCUT2D eigenvalue weighted by Crippen LogP contribution is 2.23. The summed E-state index contributed by atoms with van der Waals surface area (Å²) in [6, 6.07) is 3.32. The van der Waals surface area contributed by atoms with Crippen LogP contribution in [0, 0.1) is 5.82 Å². The molecule has 1 rings (SSSR count). The molecule has 0 spiro atoms. The van der Waals surface area contributed by atoms with Crippen molar-refractivity contribution in [3.63, 3.8) is 0 Å². The lowest BCUT2D eigenvalue weighted by Crippen LogP contribution is -2.40. The number of aliphatic hydroxyl groups excluding tert-OH is 1. The Bertz CT molecular complexity index is 562. The zero-order valence-corrected chi connectivity index (χ0v) is 13.4. The minimum absolute atomic E-state index is 0.149. The van der Waals surface area contributed by atoms with Crippen LogP contribution in [-0.2, 0) is 21.4 Å². The standard InChI is InChI=1S/C14H22FNO4S/c1-4-11(2)16(7-8-20-3)21(18,19)14-9-12(10-17)5-6-13(14)15/h5-6,9,11,17H,4,7-8,10H2,1-3H3. The van der Waals surface area contributed by atoms with Crippen molar-refractivity contribution >= 4 is 10.0 Å². The Kier molecular flexibility index (Phi) is 6.73. The summed E-state index contributed by atoms with van der Waals surface area (Å²) in [6.07, 6.45) is 0.601. The van der Waals surface area contributed by atoms with Gasteiger partial charge in [-0.2, -0.15) is 4.31 Å². The fraction of sp³-hybridized carbons (Fsp3) is 0.571. The Balaban J connectivity index is 3.27. The van der Waals surface area contributed by atoms with Crippen LogP contribution in [0.5, 0.6) is 0 Å². The van der Waals surface area contributed by atoms with E-state index in [9.17, 15) is 12.8 Å². The van der Waals surface area contributed by atoms with E-state index in [1.54, 1.807) is 6.92 Å². The Hall–Kier alpha value is -1.02. The largest absolute Gasteiger partial charge is 0.392 e. The van der Waals surface area contributed by atoms with Crippen molar-refractivity contribution in [1.29, 1.82) is 0 Å². The third-order valence-corrected chi connectivity index (χ3v) is 5.39. The normalized spacial score (nSPS) is 13.6. The summed E-state index contributed by atoms with van der Waals surface area (Å²) < 4.78 is 45.5. The zero-order valence-electron chi connectivity index (χ0n) is 12.5. The summed E-state index contributed by atoms with van der Waals surface area (Å²) in [6.45, 7) is 3.66. The van der Waals surface area contributed by atoms with Crippen LogP contribution in [0.3, 0.4) is 0 Å². The van der Waals surface area contributed by atoms with Gasteiger partial charge in [0.2, 0.25) is 10.0 Å². The second-order valence-corrected chi connectivity index (χ2v) is 6.65. The van der Waals surface area contributed by atoms with Gasteiger partial charge in [-0.15, -0.1) is 0 Å². The molecule has 0 bridgehead atoms. The fourth-order valence-electron chi connectivity index (χ4n) is 1.93. The first-order valence-corrected chi connectivity index (χ1v) is 8.22. The quantitative estimate of drug-likeness (QED) is 0.793. The van der Waals surface area contributed by atoms with E-state index in [4.69, 9.17) is 9.84 Å². The summed E-state index contributed by atoms with van der Waals surface area (Å²) in [5, 5.41) is 9.10. The fourth-order valence-corrected chi connectivity index (χ4v) is 3.74. The Labute approximate surface area is 125 Å². The van der Waals surface area contributed by atoms with Crippen molar-refractivity contribution in [2.45, 2.75) is 37.8 Å². The van der Waals surface area contributed by atoms with Crippen LogP contribution in [0.1, 0.15) is 25.8 Å². The number of aliphatic hydroxyl groups is 1. The second kappa shape index (κ2) is 7.84. The number of nitrogens with zero attached hydrogens (tertiary/aromatic N) is 1. The van der Waals surface area contributed by atoms with Crippen LogP contribution < -0.4 is 0 Å². The first kappa shape index (κ1) is 18.0. The summed E-state index contributed by atoms with van der Waals surface area (Å²) in [5.41, 5.74) is 0.353. The molecule has 1 aromatic carbocycles. The van der Waals surface area contributed by atoms with Crippen LogP contribution in [0.2, 0.25) is 0 Å². The number of benzene rings is 1. The molecule has 0 heterocycles. The van der Waals surface area contributed by atoms with E-state index < -0.39 is 20.7 Å². The molecule has 0 radical (unpaired) electrons. The number of ether oxygens (including phenoxy) is 1.